The molecule has 0 fully saturated rings. The molecular formula is C12H20N2. The molecule has 78 valence electrons. The Bertz CT molecular complexity index is 235. The van der Waals surface area contributed by atoms with E-state index in [0.29, 0.717) is 6.04 Å². The molecule has 0 aromatic carbocycles. The summed E-state index contributed by atoms with van der Waals surface area (Å²) in [7, 11) is 0. The summed E-state index contributed by atoms with van der Waals surface area (Å²) >= 11 is 0. The van der Waals surface area contributed by atoms with Crippen molar-refractivity contribution in [2.45, 2.75) is 45.6 Å². The Labute approximate surface area is 87.0 Å². The predicted molar refractivity (Wildman–Crippen MR) is 58.8 cm³/mol. The summed E-state index contributed by atoms with van der Waals surface area (Å²) in [5.74, 6) is 0. The quantitative estimate of drug-likeness (QED) is 0.695. The zero-order valence-corrected chi connectivity index (χ0v) is 9.21. The van der Waals surface area contributed by atoms with Crippen molar-refractivity contribution in [3.63, 3.8) is 0 Å². The molecule has 0 aromatic heterocycles. The monoisotopic (exact) mass is 192 g/mol. The SMILES string of the molecule is CC(C)(C#N)CCNC1CC=CCC1. The minimum absolute atomic E-state index is 0.183. The third kappa shape index (κ3) is 3.93. The Balaban J connectivity index is 2.15. The molecule has 0 heterocycles. The number of hydrogen-bond donors (Lipinski definition) is 1. The molecule has 0 amide bonds. The molecule has 1 aliphatic rings. The van der Waals surface area contributed by atoms with Crippen molar-refractivity contribution in [3.8, 4) is 6.07 Å². The van der Waals surface area contributed by atoms with Gasteiger partial charge in [-0.25, -0.2) is 0 Å². The Hall–Kier alpha value is -0.810. The molecular weight excluding hydrogens is 172 g/mol. The second-order valence-corrected chi connectivity index (χ2v) is 4.68. The maximum absolute atomic E-state index is 8.84. The van der Waals surface area contributed by atoms with Crippen molar-refractivity contribution >= 4 is 0 Å². The van der Waals surface area contributed by atoms with E-state index in [1.165, 1.54) is 12.8 Å². The van der Waals surface area contributed by atoms with Crippen molar-refractivity contribution < 1.29 is 0 Å². The van der Waals surface area contributed by atoms with Gasteiger partial charge >= 0.3 is 0 Å². The summed E-state index contributed by atoms with van der Waals surface area (Å²) in [5.41, 5.74) is -0.183. The Kier molecular flexibility index (Phi) is 4.16. The number of nitriles is 1. The predicted octanol–water partition coefficient (Wildman–Crippen LogP) is 2.62. The van der Waals surface area contributed by atoms with Crippen molar-refractivity contribution in [1.82, 2.24) is 5.32 Å². The first kappa shape index (κ1) is 11.3. The molecule has 0 bridgehead atoms. The van der Waals surface area contributed by atoms with Crippen LogP contribution in [0.1, 0.15) is 39.5 Å². The smallest absolute Gasteiger partial charge is 0.0684 e. The maximum atomic E-state index is 8.84. The summed E-state index contributed by atoms with van der Waals surface area (Å²) in [6, 6.07) is 2.96. The number of rotatable bonds is 4. The van der Waals surface area contributed by atoms with Gasteiger partial charge in [-0.2, -0.15) is 5.26 Å². The molecule has 0 spiro atoms. The van der Waals surface area contributed by atoms with Gasteiger partial charge in [0.2, 0.25) is 0 Å². The third-order valence-electron chi connectivity index (χ3n) is 2.75. The van der Waals surface area contributed by atoms with Gasteiger partial charge in [0.25, 0.3) is 0 Å². The molecule has 1 rings (SSSR count). The van der Waals surface area contributed by atoms with Crippen LogP contribution in [-0.4, -0.2) is 12.6 Å². The first-order valence-electron chi connectivity index (χ1n) is 5.44. The molecule has 2 nitrogen and oxygen atoms in total. The number of nitrogens with one attached hydrogen (secondary N) is 1. The third-order valence-corrected chi connectivity index (χ3v) is 2.75. The van der Waals surface area contributed by atoms with Gasteiger partial charge in [-0.1, -0.05) is 12.2 Å². The Morgan fingerprint density at radius 1 is 1.50 bits per heavy atom. The van der Waals surface area contributed by atoms with Crippen LogP contribution in [0.25, 0.3) is 0 Å². The van der Waals surface area contributed by atoms with Crippen molar-refractivity contribution in [1.29, 1.82) is 5.26 Å². The maximum Gasteiger partial charge on any atom is 0.0684 e. The molecule has 2 heteroatoms. The van der Waals surface area contributed by atoms with Gasteiger partial charge < -0.3 is 5.32 Å². The van der Waals surface area contributed by atoms with Crippen LogP contribution < -0.4 is 5.32 Å². The fraction of sp³-hybridized carbons (Fsp3) is 0.750. The molecule has 1 atom stereocenters. The van der Waals surface area contributed by atoms with E-state index in [1.807, 2.05) is 13.8 Å². The van der Waals surface area contributed by atoms with Crippen molar-refractivity contribution in [2.75, 3.05) is 6.54 Å². The van der Waals surface area contributed by atoms with Crippen LogP contribution in [-0.2, 0) is 0 Å². The topological polar surface area (TPSA) is 35.8 Å². The first-order valence-corrected chi connectivity index (χ1v) is 5.44. The average Bonchev–Trinajstić information content (AvgIpc) is 2.19. The molecule has 0 aliphatic heterocycles. The van der Waals surface area contributed by atoms with E-state index in [2.05, 4.69) is 23.5 Å². The number of hydrogen-bond acceptors (Lipinski definition) is 2. The van der Waals surface area contributed by atoms with Crippen LogP contribution in [0.3, 0.4) is 0 Å². The van der Waals surface area contributed by atoms with Gasteiger partial charge in [0.05, 0.1) is 11.5 Å². The van der Waals surface area contributed by atoms with Crippen LogP contribution in [0, 0.1) is 16.7 Å². The van der Waals surface area contributed by atoms with Crippen LogP contribution in [0.4, 0.5) is 0 Å². The van der Waals surface area contributed by atoms with E-state index in [-0.39, 0.29) is 5.41 Å². The number of nitrogens with zero attached hydrogens (tertiary/aromatic N) is 1. The molecule has 1 unspecified atom stereocenters. The van der Waals surface area contributed by atoms with Crippen LogP contribution >= 0.6 is 0 Å². The highest BCUT2D eigenvalue weighted by Crippen LogP contribution is 2.18. The minimum atomic E-state index is -0.183. The van der Waals surface area contributed by atoms with Gasteiger partial charge in [-0.05, 0) is 46.1 Å². The summed E-state index contributed by atoms with van der Waals surface area (Å²) in [6.45, 7) is 4.95. The largest absolute Gasteiger partial charge is 0.314 e. The average molecular weight is 192 g/mol. The molecule has 0 saturated carbocycles. The molecule has 0 aromatic rings. The zero-order valence-electron chi connectivity index (χ0n) is 9.21. The molecule has 1 aliphatic carbocycles. The lowest BCUT2D eigenvalue weighted by atomic mass is 9.91. The number of allylic oxidation sites excluding steroid dienone is 1. The lowest BCUT2D eigenvalue weighted by Gasteiger charge is -2.22. The van der Waals surface area contributed by atoms with E-state index in [4.69, 9.17) is 5.26 Å². The van der Waals surface area contributed by atoms with Crippen molar-refractivity contribution in [3.05, 3.63) is 12.2 Å². The lowest BCUT2D eigenvalue weighted by Crippen LogP contribution is -2.32. The molecule has 0 radical (unpaired) electrons. The van der Waals surface area contributed by atoms with Gasteiger partial charge in [0, 0.05) is 6.04 Å². The van der Waals surface area contributed by atoms with E-state index in [9.17, 15) is 0 Å². The molecule has 14 heavy (non-hydrogen) atoms. The van der Waals surface area contributed by atoms with E-state index >= 15 is 0 Å². The van der Waals surface area contributed by atoms with E-state index in [1.54, 1.807) is 0 Å². The second-order valence-electron chi connectivity index (χ2n) is 4.68. The lowest BCUT2D eigenvalue weighted by molar-refractivity contribution is 0.395. The fourth-order valence-corrected chi connectivity index (χ4v) is 1.62. The zero-order chi connectivity index (χ0) is 10.4. The minimum Gasteiger partial charge on any atom is -0.314 e. The Morgan fingerprint density at radius 3 is 2.86 bits per heavy atom. The van der Waals surface area contributed by atoms with Crippen molar-refractivity contribution in [2.24, 2.45) is 5.41 Å². The summed E-state index contributed by atoms with van der Waals surface area (Å²) in [5, 5.41) is 12.4. The first-order chi connectivity index (χ1) is 6.64. The summed E-state index contributed by atoms with van der Waals surface area (Å²) in [6.07, 6.45) is 9.01. The highest BCUT2D eigenvalue weighted by Gasteiger charge is 2.17. The highest BCUT2D eigenvalue weighted by molar-refractivity contribution is 4.95. The van der Waals surface area contributed by atoms with Crippen LogP contribution in [0.15, 0.2) is 12.2 Å². The van der Waals surface area contributed by atoms with Crippen LogP contribution in [0.2, 0.25) is 0 Å². The van der Waals surface area contributed by atoms with Gasteiger partial charge in [0.15, 0.2) is 0 Å². The van der Waals surface area contributed by atoms with E-state index in [0.717, 1.165) is 19.4 Å². The summed E-state index contributed by atoms with van der Waals surface area (Å²) in [4.78, 5) is 0. The fourth-order valence-electron chi connectivity index (χ4n) is 1.62. The second kappa shape index (κ2) is 5.17. The van der Waals surface area contributed by atoms with Gasteiger partial charge in [-0.3, -0.25) is 0 Å². The molecule has 0 saturated heterocycles. The van der Waals surface area contributed by atoms with Crippen LogP contribution in [0.5, 0.6) is 0 Å². The summed E-state index contributed by atoms with van der Waals surface area (Å²) < 4.78 is 0. The van der Waals surface area contributed by atoms with Gasteiger partial charge in [0.1, 0.15) is 0 Å². The van der Waals surface area contributed by atoms with E-state index < -0.39 is 0 Å². The highest BCUT2D eigenvalue weighted by atomic mass is 14.9. The van der Waals surface area contributed by atoms with Gasteiger partial charge in [-0.15, -0.1) is 0 Å². The standard InChI is InChI=1S/C12H20N2/c1-12(2,10-13)8-9-14-11-6-4-3-5-7-11/h3-4,11,14H,5-9H2,1-2H3. The normalized spacial score (nSPS) is 21.9. The molecule has 1 N–H and O–H groups in total. The Morgan fingerprint density at radius 2 is 2.29 bits per heavy atom.